The molecule has 0 aromatic carbocycles. The summed E-state index contributed by atoms with van der Waals surface area (Å²) in [5.74, 6) is -2.72. The summed E-state index contributed by atoms with van der Waals surface area (Å²) in [7, 11) is 0. The van der Waals surface area contributed by atoms with Crippen LogP contribution in [0, 0.1) is 0 Å². The average Bonchev–Trinajstić information content (AvgIpc) is 2.80. The second-order valence-corrected chi connectivity index (χ2v) is 3.86. The molecule has 1 unspecified atom stereocenters. The number of carbonyl (C=O) groups excluding carboxylic acids is 1. The average molecular weight is 270 g/mol. The molecular weight excluding hydrogens is 256 g/mol. The molecule has 0 saturated carbocycles. The van der Waals surface area contributed by atoms with Crippen molar-refractivity contribution in [1.82, 2.24) is 20.8 Å². The zero-order valence-corrected chi connectivity index (χ0v) is 10.1. The van der Waals surface area contributed by atoms with Gasteiger partial charge in [-0.15, -0.1) is 0 Å². The largest absolute Gasteiger partial charge is 0.481 e. The second kappa shape index (κ2) is 6.38. The normalized spacial score (nSPS) is 13.3. The van der Waals surface area contributed by atoms with Crippen LogP contribution in [0.5, 0.6) is 0 Å². The first kappa shape index (κ1) is 14.5. The van der Waals surface area contributed by atoms with Crippen molar-refractivity contribution in [1.29, 1.82) is 0 Å². The Bertz CT molecular complexity index is 458. The highest BCUT2D eigenvalue weighted by atomic mass is 16.4. The molecule has 2 atom stereocenters. The van der Waals surface area contributed by atoms with Crippen LogP contribution in [0.1, 0.15) is 24.9 Å². The highest BCUT2D eigenvalue weighted by Crippen LogP contribution is 2.08. The lowest BCUT2D eigenvalue weighted by Crippen LogP contribution is -2.47. The van der Waals surface area contributed by atoms with Gasteiger partial charge in [0.25, 0.3) is 0 Å². The number of hydrogen-bond acceptors (Lipinski definition) is 4. The molecule has 19 heavy (non-hydrogen) atoms. The van der Waals surface area contributed by atoms with E-state index in [-0.39, 0.29) is 0 Å². The second-order valence-electron chi connectivity index (χ2n) is 3.86. The summed E-state index contributed by atoms with van der Waals surface area (Å²) in [5, 5.41) is 28.1. The number of nitrogens with zero attached hydrogens (tertiary/aromatic N) is 1. The molecule has 0 aliphatic heterocycles. The van der Waals surface area contributed by atoms with E-state index in [0.717, 1.165) is 0 Å². The summed E-state index contributed by atoms with van der Waals surface area (Å²) in [6.45, 7) is 1.68. The number of H-pyrrole nitrogens is 1. The third-order valence-electron chi connectivity index (χ3n) is 2.35. The molecule has 0 aliphatic rings. The minimum absolute atomic E-state index is 0.391. The van der Waals surface area contributed by atoms with Gasteiger partial charge in [0.2, 0.25) is 0 Å². The Hall–Kier alpha value is -2.58. The molecule has 104 valence electrons. The molecule has 0 bridgehead atoms. The zero-order valence-electron chi connectivity index (χ0n) is 10.1. The van der Waals surface area contributed by atoms with Gasteiger partial charge in [-0.25, -0.2) is 9.59 Å². The molecule has 0 saturated heterocycles. The van der Waals surface area contributed by atoms with Gasteiger partial charge in [0.05, 0.1) is 18.7 Å². The number of carboxylic acids is 2. The number of rotatable bonds is 6. The van der Waals surface area contributed by atoms with Crippen molar-refractivity contribution in [2.45, 2.75) is 25.4 Å². The third kappa shape index (κ3) is 4.66. The van der Waals surface area contributed by atoms with Gasteiger partial charge in [-0.05, 0) is 6.92 Å². The maximum absolute atomic E-state index is 11.5. The Kier molecular flexibility index (Phi) is 4.86. The standard InChI is InChI=1S/C10H14N4O5/c1-5(6-3-11-12-4-6)13-10(19)14-7(9(17)18)2-8(15)16/h3-5,7H,2H2,1H3,(H,11,12)(H,15,16)(H,17,18)(H2,13,14,19)/t5?,7-/m0/s1. The van der Waals surface area contributed by atoms with Crippen LogP contribution in [0.2, 0.25) is 0 Å². The maximum atomic E-state index is 11.5. The molecule has 1 aromatic heterocycles. The molecule has 9 nitrogen and oxygen atoms in total. The van der Waals surface area contributed by atoms with Crippen molar-refractivity contribution < 1.29 is 24.6 Å². The van der Waals surface area contributed by atoms with Crippen molar-refractivity contribution >= 4 is 18.0 Å². The van der Waals surface area contributed by atoms with Crippen LogP contribution in [0.3, 0.4) is 0 Å². The van der Waals surface area contributed by atoms with Crippen LogP contribution in [0.4, 0.5) is 4.79 Å². The Balaban J connectivity index is 2.53. The van der Waals surface area contributed by atoms with Crippen LogP contribution in [-0.2, 0) is 9.59 Å². The summed E-state index contributed by atoms with van der Waals surface area (Å²) in [6, 6.07) is -2.63. The molecule has 0 fully saturated rings. The predicted molar refractivity (Wildman–Crippen MR) is 62.3 cm³/mol. The smallest absolute Gasteiger partial charge is 0.326 e. The van der Waals surface area contributed by atoms with E-state index in [2.05, 4.69) is 20.8 Å². The summed E-state index contributed by atoms with van der Waals surface area (Å²) in [6.07, 6.45) is 2.40. The van der Waals surface area contributed by atoms with Crippen molar-refractivity contribution in [3.05, 3.63) is 18.0 Å². The number of urea groups is 1. The van der Waals surface area contributed by atoms with Crippen molar-refractivity contribution in [3.8, 4) is 0 Å². The molecule has 2 amide bonds. The van der Waals surface area contributed by atoms with Gasteiger partial charge < -0.3 is 20.8 Å². The number of amides is 2. The van der Waals surface area contributed by atoms with Gasteiger partial charge in [-0.2, -0.15) is 5.10 Å². The summed E-state index contributed by atoms with van der Waals surface area (Å²) in [5.41, 5.74) is 0.709. The van der Waals surface area contributed by atoms with Gasteiger partial charge in [-0.1, -0.05) is 0 Å². The Morgan fingerprint density at radius 2 is 2.05 bits per heavy atom. The number of aromatic amines is 1. The number of carbonyl (C=O) groups is 3. The van der Waals surface area contributed by atoms with Crippen LogP contribution >= 0.6 is 0 Å². The monoisotopic (exact) mass is 270 g/mol. The minimum atomic E-state index is -1.48. The Morgan fingerprint density at radius 1 is 1.37 bits per heavy atom. The van der Waals surface area contributed by atoms with Crippen molar-refractivity contribution in [2.24, 2.45) is 0 Å². The molecule has 0 radical (unpaired) electrons. The van der Waals surface area contributed by atoms with E-state index in [9.17, 15) is 14.4 Å². The third-order valence-corrected chi connectivity index (χ3v) is 2.35. The van der Waals surface area contributed by atoms with Crippen molar-refractivity contribution in [2.75, 3.05) is 0 Å². The molecule has 5 N–H and O–H groups in total. The first-order valence-electron chi connectivity index (χ1n) is 5.40. The number of hydrogen-bond donors (Lipinski definition) is 5. The summed E-state index contributed by atoms with van der Waals surface area (Å²) < 4.78 is 0. The minimum Gasteiger partial charge on any atom is -0.481 e. The van der Waals surface area contributed by atoms with E-state index in [1.165, 1.54) is 6.20 Å². The quantitative estimate of drug-likeness (QED) is 0.480. The van der Waals surface area contributed by atoms with Gasteiger partial charge in [0.1, 0.15) is 6.04 Å². The fraction of sp³-hybridized carbons (Fsp3) is 0.400. The molecule has 0 aliphatic carbocycles. The lowest BCUT2D eigenvalue weighted by Gasteiger charge is -2.16. The predicted octanol–water partition coefficient (Wildman–Crippen LogP) is -0.302. The topological polar surface area (TPSA) is 144 Å². The molecule has 0 spiro atoms. The van der Waals surface area contributed by atoms with Crippen LogP contribution in [-0.4, -0.2) is 44.4 Å². The van der Waals surface area contributed by atoms with E-state index in [1.807, 2.05) is 0 Å². The first-order valence-corrected chi connectivity index (χ1v) is 5.40. The van der Waals surface area contributed by atoms with E-state index in [0.29, 0.717) is 5.56 Å². The Labute approximate surface area is 108 Å². The lowest BCUT2D eigenvalue weighted by atomic mass is 10.2. The number of aliphatic carboxylic acids is 2. The van der Waals surface area contributed by atoms with Gasteiger partial charge in [0.15, 0.2) is 0 Å². The van der Waals surface area contributed by atoms with Crippen molar-refractivity contribution in [3.63, 3.8) is 0 Å². The van der Waals surface area contributed by atoms with Gasteiger partial charge in [-0.3, -0.25) is 9.89 Å². The molecule has 1 rings (SSSR count). The first-order chi connectivity index (χ1) is 8.90. The molecule has 1 heterocycles. The molecule has 9 heteroatoms. The number of nitrogens with one attached hydrogen (secondary N) is 3. The van der Waals surface area contributed by atoms with E-state index < -0.39 is 36.5 Å². The van der Waals surface area contributed by atoms with Crippen LogP contribution < -0.4 is 10.6 Å². The summed E-state index contributed by atoms with van der Waals surface area (Å²) in [4.78, 5) is 32.8. The highest BCUT2D eigenvalue weighted by Gasteiger charge is 2.23. The van der Waals surface area contributed by atoms with Gasteiger partial charge in [0, 0.05) is 11.8 Å². The number of carboxylic acid groups (broad SMARTS) is 2. The molecular formula is C10H14N4O5. The fourth-order valence-electron chi connectivity index (χ4n) is 1.35. The molecule has 1 aromatic rings. The van der Waals surface area contributed by atoms with Gasteiger partial charge >= 0.3 is 18.0 Å². The van der Waals surface area contributed by atoms with E-state index >= 15 is 0 Å². The van der Waals surface area contributed by atoms with Crippen LogP contribution in [0.25, 0.3) is 0 Å². The van der Waals surface area contributed by atoms with Crippen LogP contribution in [0.15, 0.2) is 12.4 Å². The highest BCUT2D eigenvalue weighted by molar-refractivity contribution is 5.86. The SMILES string of the molecule is CC(NC(=O)N[C@@H](CC(=O)O)C(=O)O)c1cn[nH]c1. The number of aromatic nitrogens is 2. The fourth-order valence-corrected chi connectivity index (χ4v) is 1.35. The maximum Gasteiger partial charge on any atom is 0.326 e. The zero-order chi connectivity index (χ0) is 14.4. The lowest BCUT2D eigenvalue weighted by molar-refractivity contribution is -0.145. The van der Waals surface area contributed by atoms with E-state index in [4.69, 9.17) is 10.2 Å². The summed E-state index contributed by atoms with van der Waals surface area (Å²) >= 11 is 0. The van der Waals surface area contributed by atoms with E-state index in [1.54, 1.807) is 13.1 Å². The Morgan fingerprint density at radius 3 is 2.53 bits per heavy atom.